The molecule has 1 aliphatic rings. The van der Waals surface area contributed by atoms with Gasteiger partial charge in [0.05, 0.1) is 33.9 Å². The van der Waals surface area contributed by atoms with Crippen molar-refractivity contribution in [3.63, 3.8) is 0 Å². The van der Waals surface area contributed by atoms with Crippen LogP contribution in [-0.2, 0) is 33.7 Å². The lowest BCUT2D eigenvalue weighted by atomic mass is 9.95. The van der Waals surface area contributed by atoms with E-state index in [0.717, 1.165) is 50.8 Å². The van der Waals surface area contributed by atoms with Crippen molar-refractivity contribution in [2.75, 3.05) is 23.4 Å². The summed E-state index contributed by atoms with van der Waals surface area (Å²) in [6, 6.07) is 5.93. The predicted molar refractivity (Wildman–Crippen MR) is 151 cm³/mol. The van der Waals surface area contributed by atoms with E-state index in [9.17, 15) is 14.4 Å². The molecule has 11 heteroatoms. The fourth-order valence-corrected chi connectivity index (χ4v) is 7.54. The standard InChI is InChI=1S/C25H26BrN3O4S3/c1-3-11-29-17-10-9-15(26)12-19(17)36-25(29)28-21(31)14-34-13-20(30)27-23-22(24(32)33-4-2)16-7-5-6-8-18(16)35-23/h3,9-10,12H,1,4-8,11,13-14H2,2H3,(H,27,30). The summed E-state index contributed by atoms with van der Waals surface area (Å²) in [5.41, 5.74) is 2.48. The van der Waals surface area contributed by atoms with E-state index in [2.05, 4.69) is 32.8 Å². The number of halogens is 1. The van der Waals surface area contributed by atoms with Crippen molar-refractivity contribution in [3.8, 4) is 0 Å². The number of carbonyl (C=O) groups excluding carboxylic acids is 3. The van der Waals surface area contributed by atoms with Crippen molar-refractivity contribution in [3.05, 3.63) is 56.1 Å². The van der Waals surface area contributed by atoms with Crippen LogP contribution in [-0.4, -0.2) is 40.5 Å². The van der Waals surface area contributed by atoms with E-state index < -0.39 is 5.97 Å². The lowest BCUT2D eigenvalue weighted by Crippen LogP contribution is -2.19. The highest BCUT2D eigenvalue weighted by molar-refractivity contribution is 9.10. The summed E-state index contributed by atoms with van der Waals surface area (Å²) in [7, 11) is 0. The average Bonchev–Trinajstić information content (AvgIpc) is 3.36. The van der Waals surface area contributed by atoms with Crippen molar-refractivity contribution in [1.82, 2.24) is 4.57 Å². The number of rotatable bonds is 9. The molecule has 0 aliphatic heterocycles. The van der Waals surface area contributed by atoms with Gasteiger partial charge in [0.2, 0.25) is 5.91 Å². The normalized spacial score (nSPS) is 13.4. The number of fused-ring (bicyclic) bond motifs is 2. The zero-order valence-electron chi connectivity index (χ0n) is 19.8. The molecule has 0 radical (unpaired) electrons. The number of ether oxygens (including phenoxy) is 1. The number of aromatic nitrogens is 1. The largest absolute Gasteiger partial charge is 0.462 e. The number of aryl methyl sites for hydroxylation is 1. The van der Waals surface area contributed by atoms with E-state index in [0.29, 0.717) is 21.9 Å². The highest BCUT2D eigenvalue weighted by atomic mass is 79.9. The summed E-state index contributed by atoms with van der Waals surface area (Å²) in [6.45, 7) is 6.39. The molecule has 0 saturated carbocycles. The number of thioether (sulfide) groups is 1. The summed E-state index contributed by atoms with van der Waals surface area (Å²) in [5, 5.41) is 3.42. The van der Waals surface area contributed by atoms with E-state index in [-0.39, 0.29) is 29.9 Å². The second-order valence-corrected chi connectivity index (χ2v) is 12.1. The third kappa shape index (κ3) is 6.19. The smallest absolute Gasteiger partial charge is 0.341 e. The number of anilines is 1. The molecule has 2 amide bonds. The maximum atomic E-state index is 12.6. The Labute approximate surface area is 229 Å². The molecule has 1 aliphatic carbocycles. The number of allylic oxidation sites excluding steroid dienone is 1. The fraction of sp³-hybridized carbons (Fsp3) is 0.360. The molecule has 0 fully saturated rings. The Kier molecular flexibility index (Phi) is 9.21. The number of carbonyl (C=O) groups is 3. The van der Waals surface area contributed by atoms with Crippen molar-refractivity contribution >= 4 is 83.4 Å². The maximum Gasteiger partial charge on any atom is 0.341 e. The summed E-state index contributed by atoms with van der Waals surface area (Å²) in [6.07, 6.45) is 5.60. The highest BCUT2D eigenvalue weighted by Crippen LogP contribution is 2.38. The van der Waals surface area contributed by atoms with Gasteiger partial charge in [0.25, 0.3) is 5.91 Å². The van der Waals surface area contributed by atoms with E-state index in [1.165, 1.54) is 34.4 Å². The molecule has 0 unspecified atom stereocenters. The maximum absolute atomic E-state index is 12.6. The molecule has 0 atom stereocenters. The second-order valence-electron chi connectivity index (χ2n) is 8.08. The van der Waals surface area contributed by atoms with Gasteiger partial charge in [-0.2, -0.15) is 4.99 Å². The Morgan fingerprint density at radius 2 is 2.06 bits per heavy atom. The van der Waals surface area contributed by atoms with Gasteiger partial charge in [-0.25, -0.2) is 4.79 Å². The number of hydrogen-bond donors (Lipinski definition) is 1. The van der Waals surface area contributed by atoms with Gasteiger partial charge < -0.3 is 14.6 Å². The Bertz CT molecular complexity index is 1390. The van der Waals surface area contributed by atoms with Crippen LogP contribution in [0.3, 0.4) is 0 Å². The topological polar surface area (TPSA) is 89.8 Å². The van der Waals surface area contributed by atoms with Gasteiger partial charge >= 0.3 is 5.97 Å². The molecule has 3 aromatic rings. The van der Waals surface area contributed by atoms with Crippen LogP contribution in [0.5, 0.6) is 0 Å². The minimum absolute atomic E-state index is 0.0745. The quantitative estimate of drug-likeness (QED) is 0.254. The first kappa shape index (κ1) is 26.8. The molecule has 1 N–H and O–H groups in total. The Morgan fingerprint density at radius 1 is 1.25 bits per heavy atom. The van der Waals surface area contributed by atoms with Crippen molar-refractivity contribution < 1.29 is 19.1 Å². The molecule has 7 nitrogen and oxygen atoms in total. The zero-order valence-corrected chi connectivity index (χ0v) is 23.8. The monoisotopic (exact) mass is 607 g/mol. The van der Waals surface area contributed by atoms with Crippen LogP contribution < -0.4 is 10.1 Å². The third-order valence-electron chi connectivity index (χ3n) is 5.54. The number of amides is 2. The van der Waals surface area contributed by atoms with Gasteiger partial charge in [-0.3, -0.25) is 9.59 Å². The lowest BCUT2D eigenvalue weighted by molar-refractivity contribution is -0.115. The molecular weight excluding hydrogens is 582 g/mol. The minimum atomic E-state index is -0.392. The molecule has 0 saturated heterocycles. The lowest BCUT2D eigenvalue weighted by Gasteiger charge is -2.12. The van der Waals surface area contributed by atoms with E-state index in [1.807, 2.05) is 22.8 Å². The van der Waals surface area contributed by atoms with E-state index >= 15 is 0 Å². The molecule has 4 rings (SSSR count). The van der Waals surface area contributed by atoms with Gasteiger partial charge in [0.1, 0.15) is 5.00 Å². The van der Waals surface area contributed by atoms with Crippen LogP contribution in [0, 0.1) is 0 Å². The molecule has 2 aromatic heterocycles. The first-order valence-corrected chi connectivity index (χ1v) is 15.2. The summed E-state index contributed by atoms with van der Waals surface area (Å²) in [4.78, 5) is 43.8. The number of esters is 1. The van der Waals surface area contributed by atoms with Crippen molar-refractivity contribution in [2.24, 2.45) is 4.99 Å². The van der Waals surface area contributed by atoms with Crippen LogP contribution in [0.4, 0.5) is 5.00 Å². The Balaban J connectivity index is 1.41. The molecular formula is C25H26BrN3O4S3. The van der Waals surface area contributed by atoms with Gasteiger partial charge in [0, 0.05) is 15.9 Å². The minimum Gasteiger partial charge on any atom is -0.462 e. The first-order chi connectivity index (χ1) is 17.4. The SMILES string of the molecule is C=CCn1c(=NC(=O)CSCC(=O)Nc2sc3c(c2C(=O)OCC)CCCC3)sc2cc(Br)ccc21. The van der Waals surface area contributed by atoms with Gasteiger partial charge in [-0.1, -0.05) is 33.3 Å². The van der Waals surface area contributed by atoms with E-state index in [4.69, 9.17) is 4.74 Å². The summed E-state index contributed by atoms with van der Waals surface area (Å²) in [5.74, 6) is -0.805. The third-order valence-corrected chi connectivity index (χ3v) is 9.20. The Morgan fingerprint density at radius 3 is 2.83 bits per heavy atom. The predicted octanol–water partition coefficient (Wildman–Crippen LogP) is 5.57. The molecule has 2 heterocycles. The molecule has 0 bridgehead atoms. The number of hydrogen-bond acceptors (Lipinski definition) is 7. The van der Waals surface area contributed by atoms with Crippen LogP contribution in [0.25, 0.3) is 10.2 Å². The summed E-state index contributed by atoms with van der Waals surface area (Å²) < 4.78 is 9.16. The van der Waals surface area contributed by atoms with Crippen LogP contribution in [0.15, 0.2) is 40.3 Å². The Hall–Kier alpha value is -2.21. The van der Waals surface area contributed by atoms with Crippen LogP contribution in [0.2, 0.25) is 0 Å². The number of nitrogens with zero attached hydrogens (tertiary/aromatic N) is 2. The number of thiophene rings is 1. The van der Waals surface area contributed by atoms with Gasteiger partial charge in [-0.05, 0) is 56.4 Å². The van der Waals surface area contributed by atoms with Gasteiger partial charge in [-0.15, -0.1) is 29.7 Å². The zero-order chi connectivity index (χ0) is 25.7. The highest BCUT2D eigenvalue weighted by Gasteiger charge is 2.27. The number of thiazole rings is 1. The molecule has 190 valence electrons. The van der Waals surface area contributed by atoms with Crippen LogP contribution >= 0.6 is 50.4 Å². The molecule has 0 spiro atoms. The second kappa shape index (κ2) is 12.4. The van der Waals surface area contributed by atoms with E-state index in [1.54, 1.807) is 13.0 Å². The number of benzene rings is 1. The average molecular weight is 609 g/mol. The van der Waals surface area contributed by atoms with Gasteiger partial charge in [0.15, 0.2) is 4.80 Å². The molecule has 36 heavy (non-hydrogen) atoms. The molecule has 1 aromatic carbocycles. The van der Waals surface area contributed by atoms with Crippen molar-refractivity contribution in [2.45, 2.75) is 39.2 Å². The number of nitrogens with one attached hydrogen (secondary N) is 1. The first-order valence-electron chi connectivity index (χ1n) is 11.6. The van der Waals surface area contributed by atoms with Crippen LogP contribution in [0.1, 0.15) is 40.6 Å². The fourth-order valence-electron chi connectivity index (χ4n) is 4.04. The summed E-state index contributed by atoms with van der Waals surface area (Å²) >= 11 is 7.56. The van der Waals surface area contributed by atoms with Crippen molar-refractivity contribution in [1.29, 1.82) is 0 Å².